The molecule has 0 aromatic carbocycles. The van der Waals surface area contributed by atoms with Crippen LogP contribution in [0.4, 0.5) is 12.9 Å². The maximum atomic E-state index is 12.0. The second-order valence-corrected chi connectivity index (χ2v) is 2.60. The molecule has 2 nitrogen and oxygen atoms in total. The molecule has 0 aliphatic rings. The third-order valence-corrected chi connectivity index (χ3v) is 1.53. The van der Waals surface area contributed by atoms with Crippen molar-refractivity contribution in [3.05, 3.63) is 24.0 Å². The smallest absolute Gasteiger partial charge is 0.496 e. The number of hydrogen-bond acceptors (Lipinski definition) is 2. The van der Waals surface area contributed by atoms with Crippen LogP contribution in [0, 0.1) is 0 Å². The van der Waals surface area contributed by atoms with Crippen LogP contribution in [0.1, 0.15) is 5.56 Å². The number of ether oxygens (including phenoxy) is 1. The van der Waals surface area contributed by atoms with E-state index in [1.165, 1.54) is 25.6 Å². The van der Waals surface area contributed by atoms with Crippen LogP contribution >= 0.6 is 0 Å². The Morgan fingerprint density at radius 3 is 2.57 bits per heavy atom. The Kier molecular flexibility index (Phi) is 6.31. The first-order valence-electron chi connectivity index (χ1n) is 3.71. The van der Waals surface area contributed by atoms with E-state index in [1.54, 1.807) is 0 Å². The molecule has 0 unspecified atom stereocenters. The molecule has 0 aliphatic heterocycles. The largest absolute Gasteiger partial charge is 1.00 e. The Labute approximate surface area is 123 Å². The van der Waals surface area contributed by atoms with Crippen LogP contribution in [0.25, 0.3) is 0 Å². The molecule has 14 heavy (non-hydrogen) atoms. The van der Waals surface area contributed by atoms with Crippen molar-refractivity contribution in [2.24, 2.45) is 0 Å². The molecule has 0 amide bonds. The zero-order chi connectivity index (χ0) is 9.90. The van der Waals surface area contributed by atoms with Crippen LogP contribution in [0.2, 0.25) is 0 Å². The Morgan fingerprint density at radius 2 is 2.07 bits per heavy atom. The number of pyridine rings is 1. The van der Waals surface area contributed by atoms with Gasteiger partial charge in [0.15, 0.2) is 0 Å². The van der Waals surface area contributed by atoms with E-state index < -0.39 is 13.3 Å². The van der Waals surface area contributed by atoms with Crippen LogP contribution in [0.15, 0.2) is 18.5 Å². The number of halogens is 3. The van der Waals surface area contributed by atoms with Gasteiger partial charge in [-0.15, -0.1) is 0 Å². The van der Waals surface area contributed by atoms with Gasteiger partial charge in [-0.05, 0) is 11.6 Å². The van der Waals surface area contributed by atoms with Gasteiger partial charge in [-0.1, -0.05) is 6.32 Å². The summed E-state index contributed by atoms with van der Waals surface area (Å²) in [5.41, 5.74) is 0.0810. The van der Waals surface area contributed by atoms with E-state index in [4.69, 9.17) is 4.74 Å². The summed E-state index contributed by atoms with van der Waals surface area (Å²) in [5.74, 6) is 0.231. The van der Waals surface area contributed by atoms with Gasteiger partial charge in [0, 0.05) is 12.4 Å². The molecular formula is C7H8BF3KNO. The summed E-state index contributed by atoms with van der Waals surface area (Å²) in [6, 6.07) is 1.41. The first-order valence-corrected chi connectivity index (χ1v) is 3.71. The molecule has 0 atom stereocenters. The zero-order valence-corrected chi connectivity index (χ0v) is 11.1. The molecule has 0 fully saturated rings. The van der Waals surface area contributed by atoms with Gasteiger partial charge in [0.05, 0.1) is 7.11 Å². The van der Waals surface area contributed by atoms with E-state index >= 15 is 0 Å². The van der Waals surface area contributed by atoms with E-state index in [-0.39, 0.29) is 62.7 Å². The second kappa shape index (κ2) is 6.12. The minimum Gasteiger partial charge on any atom is -0.496 e. The number of rotatable bonds is 3. The summed E-state index contributed by atoms with van der Waals surface area (Å²) < 4.78 is 40.9. The number of nitrogens with zero attached hydrogens (tertiary/aromatic N) is 1. The van der Waals surface area contributed by atoms with Crippen LogP contribution in [-0.4, -0.2) is 19.1 Å². The van der Waals surface area contributed by atoms with Crippen LogP contribution in [0.5, 0.6) is 5.75 Å². The Hall–Kier alpha value is 0.441. The fraction of sp³-hybridized carbons (Fsp3) is 0.286. The summed E-state index contributed by atoms with van der Waals surface area (Å²) in [4.78, 5) is 3.61. The number of methoxy groups -OCH3 is 1. The van der Waals surface area contributed by atoms with Gasteiger partial charge in [-0.3, -0.25) is 4.98 Å². The van der Waals surface area contributed by atoms with Crippen molar-refractivity contribution in [3.8, 4) is 5.75 Å². The molecular weight excluding hydrogens is 221 g/mol. The molecule has 72 valence electrons. The fourth-order valence-electron chi connectivity index (χ4n) is 1.02. The van der Waals surface area contributed by atoms with Crippen molar-refractivity contribution in [2.45, 2.75) is 6.32 Å². The fourth-order valence-corrected chi connectivity index (χ4v) is 1.02. The summed E-state index contributed by atoms with van der Waals surface area (Å²) in [5, 5.41) is 0. The Balaban J connectivity index is 0.00000169. The van der Waals surface area contributed by atoms with E-state index in [0.29, 0.717) is 0 Å². The van der Waals surface area contributed by atoms with Gasteiger partial charge in [0.1, 0.15) is 5.75 Å². The maximum absolute atomic E-state index is 12.0. The second-order valence-electron chi connectivity index (χ2n) is 2.60. The number of aromatic nitrogens is 1. The Morgan fingerprint density at radius 1 is 1.43 bits per heavy atom. The standard InChI is InChI=1S/C7H8BF3NO.K/c1-13-7-2-3-12-5-6(7)4-8(9,10)11;/h2-3,5H,4H2,1H3;/q-1;+1. The third kappa shape index (κ3) is 4.79. The molecule has 1 aromatic rings. The number of hydrogen-bond donors (Lipinski definition) is 0. The van der Waals surface area contributed by atoms with Gasteiger partial charge in [-0.2, -0.15) is 0 Å². The minimum absolute atomic E-state index is 0. The van der Waals surface area contributed by atoms with Gasteiger partial charge in [-0.25, -0.2) is 0 Å². The molecule has 0 saturated carbocycles. The zero-order valence-electron chi connectivity index (χ0n) is 8.01. The van der Waals surface area contributed by atoms with Crippen molar-refractivity contribution in [1.82, 2.24) is 4.98 Å². The van der Waals surface area contributed by atoms with Crippen molar-refractivity contribution in [1.29, 1.82) is 0 Å². The Bertz CT molecular complexity index is 295. The van der Waals surface area contributed by atoms with Crippen LogP contribution < -0.4 is 56.1 Å². The van der Waals surface area contributed by atoms with E-state index in [9.17, 15) is 12.9 Å². The maximum Gasteiger partial charge on any atom is 1.00 e. The topological polar surface area (TPSA) is 22.1 Å². The van der Waals surface area contributed by atoms with Crippen molar-refractivity contribution in [2.75, 3.05) is 7.11 Å². The summed E-state index contributed by atoms with van der Waals surface area (Å²) >= 11 is 0. The average molecular weight is 229 g/mol. The molecule has 0 radical (unpaired) electrons. The third-order valence-electron chi connectivity index (χ3n) is 1.53. The molecule has 0 bridgehead atoms. The summed E-state index contributed by atoms with van der Waals surface area (Å²) in [6.07, 6.45) is 1.62. The summed E-state index contributed by atoms with van der Waals surface area (Å²) in [6.45, 7) is -4.83. The average Bonchev–Trinajstić information content (AvgIpc) is 2.02. The van der Waals surface area contributed by atoms with Crippen molar-refractivity contribution in [3.63, 3.8) is 0 Å². The normalized spacial score (nSPS) is 10.6. The SMILES string of the molecule is COc1ccncc1C[B-](F)(F)F.[K+]. The molecule has 0 aliphatic carbocycles. The van der Waals surface area contributed by atoms with Gasteiger partial charge in [0.25, 0.3) is 0 Å². The molecule has 7 heteroatoms. The molecule has 1 heterocycles. The van der Waals surface area contributed by atoms with Gasteiger partial charge < -0.3 is 17.7 Å². The van der Waals surface area contributed by atoms with Crippen LogP contribution in [0.3, 0.4) is 0 Å². The first-order chi connectivity index (χ1) is 6.03. The predicted octanol–water partition coefficient (Wildman–Crippen LogP) is -0.977. The molecule has 0 N–H and O–H groups in total. The first kappa shape index (κ1) is 14.4. The molecule has 1 aromatic heterocycles. The summed E-state index contributed by atoms with van der Waals surface area (Å²) in [7, 11) is 1.34. The predicted molar refractivity (Wildman–Crippen MR) is 43.6 cm³/mol. The monoisotopic (exact) mass is 229 g/mol. The van der Waals surface area contributed by atoms with Crippen molar-refractivity contribution >= 4 is 6.98 Å². The van der Waals surface area contributed by atoms with E-state index in [2.05, 4.69) is 4.98 Å². The van der Waals surface area contributed by atoms with Crippen molar-refractivity contribution < 1.29 is 69.1 Å². The minimum atomic E-state index is -4.83. The van der Waals surface area contributed by atoms with E-state index in [0.717, 1.165) is 0 Å². The molecule has 1 rings (SSSR count). The van der Waals surface area contributed by atoms with E-state index in [1.807, 2.05) is 0 Å². The molecule has 0 saturated heterocycles. The quantitative estimate of drug-likeness (QED) is 0.622. The van der Waals surface area contributed by atoms with Crippen LogP contribution in [-0.2, 0) is 6.32 Å². The molecule has 0 spiro atoms. The van der Waals surface area contributed by atoms with Gasteiger partial charge >= 0.3 is 58.4 Å². The van der Waals surface area contributed by atoms with Gasteiger partial charge in [0.2, 0.25) is 0 Å².